The number of rotatable bonds is 3. The Bertz CT molecular complexity index is 943. The van der Waals surface area contributed by atoms with Gasteiger partial charge >= 0.3 is 6.03 Å². The first-order valence-corrected chi connectivity index (χ1v) is 9.70. The molecule has 0 spiro atoms. The van der Waals surface area contributed by atoms with E-state index in [1.165, 1.54) is 0 Å². The van der Waals surface area contributed by atoms with E-state index in [1.54, 1.807) is 17.0 Å². The summed E-state index contributed by atoms with van der Waals surface area (Å²) in [5.41, 5.74) is 1.56. The Balaban J connectivity index is 1.50. The van der Waals surface area contributed by atoms with Crippen LogP contribution in [0.5, 0.6) is 0 Å². The second-order valence-electron chi connectivity index (χ2n) is 6.25. The van der Waals surface area contributed by atoms with Crippen molar-refractivity contribution in [3.8, 4) is 11.4 Å². The average Bonchev–Trinajstić information content (AvgIpc) is 3.33. The van der Waals surface area contributed by atoms with Crippen molar-refractivity contribution >= 4 is 39.2 Å². The first-order valence-electron chi connectivity index (χ1n) is 8.53. The largest absolute Gasteiger partial charge is 0.337 e. The maximum atomic E-state index is 12.7. The zero-order valence-electron chi connectivity index (χ0n) is 14.2. The van der Waals surface area contributed by atoms with E-state index in [4.69, 9.17) is 16.1 Å². The molecule has 1 aromatic heterocycles. The van der Waals surface area contributed by atoms with Crippen LogP contribution in [-0.2, 0) is 0 Å². The molecule has 1 unspecified atom stereocenters. The highest BCUT2D eigenvalue weighted by molar-refractivity contribution is 9.10. The summed E-state index contributed by atoms with van der Waals surface area (Å²) < 4.78 is 6.42. The lowest BCUT2D eigenvalue weighted by Gasteiger charge is -2.22. The first kappa shape index (κ1) is 18.0. The molecule has 27 heavy (non-hydrogen) atoms. The predicted octanol–water partition coefficient (Wildman–Crippen LogP) is 5.52. The quantitative estimate of drug-likeness (QED) is 0.574. The average molecular weight is 448 g/mol. The predicted molar refractivity (Wildman–Crippen MR) is 107 cm³/mol. The van der Waals surface area contributed by atoms with Gasteiger partial charge in [0, 0.05) is 27.3 Å². The van der Waals surface area contributed by atoms with Gasteiger partial charge in [0.05, 0.1) is 0 Å². The molecule has 138 valence electrons. The monoisotopic (exact) mass is 446 g/mol. The van der Waals surface area contributed by atoms with Crippen molar-refractivity contribution in [1.29, 1.82) is 0 Å². The van der Waals surface area contributed by atoms with Crippen LogP contribution in [0.25, 0.3) is 11.4 Å². The van der Waals surface area contributed by atoms with Crippen molar-refractivity contribution in [1.82, 2.24) is 15.0 Å². The molecule has 6 nitrogen and oxygen atoms in total. The van der Waals surface area contributed by atoms with Gasteiger partial charge in [-0.25, -0.2) is 4.79 Å². The number of hydrogen-bond donors (Lipinski definition) is 1. The van der Waals surface area contributed by atoms with Crippen LogP contribution >= 0.6 is 27.5 Å². The number of halogens is 2. The molecule has 4 rings (SSSR count). The zero-order valence-corrected chi connectivity index (χ0v) is 16.6. The van der Waals surface area contributed by atoms with E-state index in [0.29, 0.717) is 23.3 Å². The van der Waals surface area contributed by atoms with Crippen LogP contribution in [-0.4, -0.2) is 27.6 Å². The number of benzene rings is 2. The maximum Gasteiger partial charge on any atom is 0.322 e. The van der Waals surface area contributed by atoms with Gasteiger partial charge in [-0.1, -0.05) is 32.7 Å². The SMILES string of the molecule is O=C(Nc1ccc(Br)cc1)N1CCCC1c1nc(-c2ccc(Cl)cc2)no1. The number of amides is 2. The van der Waals surface area contributed by atoms with Crippen molar-refractivity contribution in [2.75, 3.05) is 11.9 Å². The smallest absolute Gasteiger partial charge is 0.322 e. The molecule has 1 aliphatic rings. The Morgan fingerprint density at radius 3 is 2.67 bits per heavy atom. The lowest BCUT2D eigenvalue weighted by atomic mass is 10.2. The standard InChI is InChI=1S/C19H16BrClN4O2/c20-13-5-9-15(10-6-13)22-19(26)25-11-1-2-16(25)18-23-17(24-27-18)12-3-7-14(21)8-4-12/h3-10,16H,1-2,11H2,(H,22,26). The number of carbonyl (C=O) groups is 1. The summed E-state index contributed by atoms with van der Waals surface area (Å²) in [6.07, 6.45) is 1.67. The van der Waals surface area contributed by atoms with Gasteiger partial charge in [0.1, 0.15) is 6.04 Å². The number of hydrogen-bond acceptors (Lipinski definition) is 4. The molecule has 1 saturated heterocycles. The Kier molecular flexibility index (Phi) is 5.13. The number of anilines is 1. The van der Waals surface area contributed by atoms with E-state index >= 15 is 0 Å². The summed E-state index contributed by atoms with van der Waals surface area (Å²) in [5, 5.41) is 7.62. The molecule has 0 aliphatic carbocycles. The summed E-state index contributed by atoms with van der Waals surface area (Å²) in [6.45, 7) is 0.645. The molecular formula is C19H16BrClN4O2. The lowest BCUT2D eigenvalue weighted by molar-refractivity contribution is 0.193. The summed E-state index contributed by atoms with van der Waals surface area (Å²) in [5.74, 6) is 0.935. The molecule has 0 radical (unpaired) electrons. The second-order valence-corrected chi connectivity index (χ2v) is 7.60. The molecule has 2 amide bonds. The van der Waals surface area contributed by atoms with Gasteiger partial charge in [0.25, 0.3) is 0 Å². The van der Waals surface area contributed by atoms with Crippen molar-refractivity contribution in [2.24, 2.45) is 0 Å². The fraction of sp³-hybridized carbons (Fsp3) is 0.211. The van der Waals surface area contributed by atoms with E-state index in [0.717, 1.165) is 28.6 Å². The van der Waals surface area contributed by atoms with Crippen molar-refractivity contribution in [2.45, 2.75) is 18.9 Å². The third-order valence-electron chi connectivity index (χ3n) is 4.44. The molecule has 3 aromatic rings. The molecule has 1 atom stereocenters. The summed E-state index contributed by atoms with van der Waals surface area (Å²) in [7, 11) is 0. The van der Waals surface area contributed by atoms with Crippen molar-refractivity contribution < 1.29 is 9.32 Å². The van der Waals surface area contributed by atoms with Crippen LogP contribution in [0.15, 0.2) is 57.5 Å². The van der Waals surface area contributed by atoms with Gasteiger partial charge in [0.15, 0.2) is 0 Å². The molecular weight excluding hydrogens is 432 g/mol. The van der Waals surface area contributed by atoms with Gasteiger partial charge < -0.3 is 14.7 Å². The van der Waals surface area contributed by atoms with Gasteiger partial charge in [-0.05, 0) is 61.4 Å². The Hall–Kier alpha value is -2.38. The molecule has 2 heterocycles. The number of nitrogens with zero attached hydrogens (tertiary/aromatic N) is 3. The van der Waals surface area contributed by atoms with Gasteiger partial charge in [-0.3, -0.25) is 0 Å². The molecule has 0 saturated carbocycles. The molecule has 1 N–H and O–H groups in total. The summed E-state index contributed by atoms with van der Waals surface area (Å²) in [6, 6.07) is 14.3. The van der Waals surface area contributed by atoms with Crippen LogP contribution in [0.1, 0.15) is 24.8 Å². The maximum absolute atomic E-state index is 12.7. The van der Waals surface area contributed by atoms with E-state index in [-0.39, 0.29) is 12.1 Å². The van der Waals surface area contributed by atoms with Crippen molar-refractivity contribution in [3.05, 3.63) is 63.9 Å². The highest BCUT2D eigenvalue weighted by Gasteiger charge is 2.34. The minimum atomic E-state index is -0.228. The number of carbonyl (C=O) groups excluding carboxylic acids is 1. The third kappa shape index (κ3) is 3.99. The van der Waals surface area contributed by atoms with Crippen LogP contribution in [0.4, 0.5) is 10.5 Å². The lowest BCUT2D eigenvalue weighted by Crippen LogP contribution is -2.34. The number of urea groups is 1. The van der Waals surface area contributed by atoms with E-state index in [2.05, 4.69) is 31.4 Å². The van der Waals surface area contributed by atoms with E-state index in [1.807, 2.05) is 36.4 Å². The highest BCUT2D eigenvalue weighted by atomic mass is 79.9. The third-order valence-corrected chi connectivity index (χ3v) is 5.22. The molecule has 2 aromatic carbocycles. The fourth-order valence-electron chi connectivity index (χ4n) is 3.08. The molecule has 0 bridgehead atoms. The normalized spacial score (nSPS) is 16.5. The highest BCUT2D eigenvalue weighted by Crippen LogP contribution is 2.32. The molecule has 1 aliphatic heterocycles. The Morgan fingerprint density at radius 2 is 1.93 bits per heavy atom. The first-order chi connectivity index (χ1) is 13.1. The Labute approximate surface area is 169 Å². The van der Waals surface area contributed by atoms with E-state index in [9.17, 15) is 4.79 Å². The fourth-order valence-corrected chi connectivity index (χ4v) is 3.47. The zero-order chi connectivity index (χ0) is 18.8. The van der Waals surface area contributed by atoms with Crippen LogP contribution in [0, 0.1) is 0 Å². The minimum Gasteiger partial charge on any atom is -0.337 e. The molecule has 8 heteroatoms. The van der Waals surface area contributed by atoms with Crippen LogP contribution < -0.4 is 5.32 Å². The van der Waals surface area contributed by atoms with Gasteiger partial charge in [0.2, 0.25) is 11.7 Å². The van der Waals surface area contributed by atoms with Gasteiger partial charge in [-0.15, -0.1) is 0 Å². The van der Waals surface area contributed by atoms with Crippen molar-refractivity contribution in [3.63, 3.8) is 0 Å². The summed E-state index contributed by atoms with van der Waals surface area (Å²) in [4.78, 5) is 18.9. The van der Waals surface area contributed by atoms with Crippen LogP contribution in [0.2, 0.25) is 5.02 Å². The second kappa shape index (κ2) is 7.70. The number of nitrogens with one attached hydrogen (secondary N) is 1. The Morgan fingerprint density at radius 1 is 1.19 bits per heavy atom. The van der Waals surface area contributed by atoms with Gasteiger partial charge in [-0.2, -0.15) is 4.98 Å². The summed E-state index contributed by atoms with van der Waals surface area (Å²) >= 11 is 9.30. The topological polar surface area (TPSA) is 71.3 Å². The number of aromatic nitrogens is 2. The van der Waals surface area contributed by atoms with Crippen LogP contribution in [0.3, 0.4) is 0 Å². The van der Waals surface area contributed by atoms with E-state index < -0.39 is 0 Å². The molecule has 1 fully saturated rings. The number of likely N-dealkylation sites (tertiary alicyclic amines) is 1. The minimum absolute atomic E-state index is 0.175.